The van der Waals surface area contributed by atoms with Gasteiger partial charge in [0.15, 0.2) is 0 Å². The van der Waals surface area contributed by atoms with E-state index in [1.165, 1.54) is 51.9 Å². The van der Waals surface area contributed by atoms with Gasteiger partial charge in [-0.3, -0.25) is 4.90 Å². The maximum atomic E-state index is 3.81. The summed E-state index contributed by atoms with van der Waals surface area (Å²) in [6.07, 6.45) is 5.20. The van der Waals surface area contributed by atoms with Crippen LogP contribution in [0.25, 0.3) is 0 Å². The van der Waals surface area contributed by atoms with Crippen LogP contribution in [0, 0.1) is 0 Å². The van der Waals surface area contributed by atoms with Crippen LogP contribution in [0.1, 0.15) is 39.5 Å². The van der Waals surface area contributed by atoms with Gasteiger partial charge < -0.3 is 15.5 Å². The molecule has 0 aromatic rings. The molecule has 0 bridgehead atoms. The van der Waals surface area contributed by atoms with Crippen molar-refractivity contribution in [2.75, 3.05) is 40.3 Å². The maximum absolute atomic E-state index is 3.81. The lowest BCUT2D eigenvalue weighted by Gasteiger charge is -2.46. The zero-order valence-electron chi connectivity index (χ0n) is 13.9. The molecule has 20 heavy (non-hydrogen) atoms. The van der Waals surface area contributed by atoms with Crippen molar-refractivity contribution >= 4 is 0 Å². The summed E-state index contributed by atoms with van der Waals surface area (Å²) in [4.78, 5) is 4.98. The molecule has 4 nitrogen and oxygen atoms in total. The molecule has 2 heterocycles. The molecule has 4 heteroatoms. The Morgan fingerprint density at radius 1 is 1.15 bits per heavy atom. The highest BCUT2D eigenvalue weighted by atomic mass is 15.3. The molecule has 2 N–H and O–H groups in total. The van der Waals surface area contributed by atoms with E-state index in [0.717, 1.165) is 18.1 Å². The molecule has 0 aliphatic carbocycles. The monoisotopic (exact) mass is 282 g/mol. The number of likely N-dealkylation sites (N-methyl/N-ethyl adjacent to an activating group) is 1. The van der Waals surface area contributed by atoms with Crippen molar-refractivity contribution in [3.05, 3.63) is 0 Å². The van der Waals surface area contributed by atoms with Crippen molar-refractivity contribution in [3.8, 4) is 0 Å². The highest BCUT2D eigenvalue weighted by Crippen LogP contribution is 2.19. The summed E-state index contributed by atoms with van der Waals surface area (Å²) in [7, 11) is 4.38. The normalized spacial score (nSPS) is 25.6. The van der Waals surface area contributed by atoms with Crippen molar-refractivity contribution in [3.63, 3.8) is 0 Å². The number of piperidine rings is 1. The van der Waals surface area contributed by atoms with Gasteiger partial charge in [-0.15, -0.1) is 0 Å². The van der Waals surface area contributed by atoms with Crippen LogP contribution in [0.3, 0.4) is 0 Å². The average molecular weight is 282 g/mol. The number of likely N-dealkylation sites (tertiary alicyclic amines) is 1. The van der Waals surface area contributed by atoms with E-state index in [1.54, 1.807) is 0 Å². The first-order valence-corrected chi connectivity index (χ1v) is 8.43. The topological polar surface area (TPSA) is 30.5 Å². The molecule has 2 rings (SSSR count). The molecule has 0 amide bonds. The van der Waals surface area contributed by atoms with Crippen molar-refractivity contribution in [1.82, 2.24) is 20.4 Å². The summed E-state index contributed by atoms with van der Waals surface area (Å²) in [5, 5.41) is 7.24. The van der Waals surface area contributed by atoms with E-state index in [4.69, 9.17) is 0 Å². The largest absolute Gasteiger partial charge is 0.317 e. The van der Waals surface area contributed by atoms with Gasteiger partial charge in [-0.05, 0) is 66.7 Å². The Kier molecular flexibility index (Phi) is 6.27. The zero-order chi connectivity index (χ0) is 14.5. The fourth-order valence-corrected chi connectivity index (χ4v) is 3.32. The Labute approximate surface area is 125 Å². The predicted octanol–water partition coefficient (Wildman–Crippen LogP) is 1.13. The molecule has 118 valence electrons. The standard InChI is InChI=1S/C16H34N4/c1-13(18-15-7-9-17-10-8-15)5-6-14(2)20-11-16(12-20)19(3)4/h13-18H,5-12H2,1-4H3. The molecule has 2 atom stereocenters. The minimum atomic E-state index is 0.659. The second-order valence-corrected chi connectivity index (χ2v) is 7.09. The third-order valence-corrected chi connectivity index (χ3v) is 5.12. The van der Waals surface area contributed by atoms with Crippen LogP contribution in [0.4, 0.5) is 0 Å². The molecule has 2 saturated heterocycles. The van der Waals surface area contributed by atoms with Gasteiger partial charge in [0.1, 0.15) is 0 Å². The van der Waals surface area contributed by atoms with E-state index in [9.17, 15) is 0 Å². The Hall–Kier alpha value is -0.160. The van der Waals surface area contributed by atoms with Gasteiger partial charge in [0.2, 0.25) is 0 Å². The highest BCUT2D eigenvalue weighted by molar-refractivity contribution is 4.89. The Morgan fingerprint density at radius 3 is 2.40 bits per heavy atom. The first-order valence-electron chi connectivity index (χ1n) is 8.43. The molecule has 2 unspecified atom stereocenters. The molecule has 0 aromatic carbocycles. The first kappa shape index (κ1) is 16.2. The van der Waals surface area contributed by atoms with Gasteiger partial charge in [0, 0.05) is 37.3 Å². The average Bonchev–Trinajstić information content (AvgIpc) is 2.35. The van der Waals surface area contributed by atoms with E-state index >= 15 is 0 Å². The van der Waals surface area contributed by atoms with Gasteiger partial charge >= 0.3 is 0 Å². The van der Waals surface area contributed by atoms with Crippen LogP contribution in [-0.2, 0) is 0 Å². The summed E-state index contributed by atoms with van der Waals surface area (Å²) < 4.78 is 0. The summed E-state index contributed by atoms with van der Waals surface area (Å²) in [5.41, 5.74) is 0. The van der Waals surface area contributed by atoms with Gasteiger partial charge in [-0.1, -0.05) is 0 Å². The van der Waals surface area contributed by atoms with E-state index in [1.807, 2.05) is 0 Å². The van der Waals surface area contributed by atoms with Crippen LogP contribution in [-0.4, -0.2) is 74.2 Å². The number of nitrogens with one attached hydrogen (secondary N) is 2. The number of nitrogens with zero attached hydrogens (tertiary/aromatic N) is 2. The zero-order valence-corrected chi connectivity index (χ0v) is 13.9. The third kappa shape index (κ3) is 4.69. The minimum Gasteiger partial charge on any atom is -0.317 e. The van der Waals surface area contributed by atoms with Crippen molar-refractivity contribution in [2.45, 2.75) is 63.7 Å². The van der Waals surface area contributed by atoms with Crippen LogP contribution in [0.5, 0.6) is 0 Å². The van der Waals surface area contributed by atoms with E-state index in [0.29, 0.717) is 6.04 Å². The van der Waals surface area contributed by atoms with Gasteiger partial charge in [-0.2, -0.15) is 0 Å². The summed E-state index contributed by atoms with van der Waals surface area (Å²) in [5.74, 6) is 0. The quantitative estimate of drug-likeness (QED) is 0.733. The number of rotatable bonds is 7. The number of hydrogen-bond donors (Lipinski definition) is 2. The molecule has 2 fully saturated rings. The van der Waals surface area contributed by atoms with E-state index in [2.05, 4.69) is 48.4 Å². The maximum Gasteiger partial charge on any atom is 0.0344 e. The van der Waals surface area contributed by atoms with E-state index in [-0.39, 0.29) is 0 Å². The SMILES string of the molecule is CC(CCC(C)N1CC(N(C)C)C1)NC1CCNCC1. The van der Waals surface area contributed by atoms with Crippen molar-refractivity contribution in [1.29, 1.82) is 0 Å². The van der Waals surface area contributed by atoms with Crippen LogP contribution >= 0.6 is 0 Å². The fraction of sp³-hybridized carbons (Fsp3) is 1.00. The highest BCUT2D eigenvalue weighted by Gasteiger charge is 2.31. The molecule has 2 aliphatic heterocycles. The van der Waals surface area contributed by atoms with Gasteiger partial charge in [0.25, 0.3) is 0 Å². The second kappa shape index (κ2) is 7.74. The molecule has 0 radical (unpaired) electrons. The first-order chi connectivity index (χ1) is 9.56. The smallest absolute Gasteiger partial charge is 0.0344 e. The molecular weight excluding hydrogens is 248 g/mol. The summed E-state index contributed by atoms with van der Waals surface area (Å²) in [6.45, 7) is 9.62. The fourth-order valence-electron chi connectivity index (χ4n) is 3.32. The van der Waals surface area contributed by atoms with Crippen LogP contribution in [0.15, 0.2) is 0 Å². The molecule has 0 saturated carbocycles. The molecule has 0 spiro atoms. The molecule has 0 aromatic heterocycles. The lowest BCUT2D eigenvalue weighted by Crippen LogP contribution is -2.60. The lowest BCUT2D eigenvalue weighted by atomic mass is 9.99. The van der Waals surface area contributed by atoms with Crippen LogP contribution in [0.2, 0.25) is 0 Å². The van der Waals surface area contributed by atoms with Crippen molar-refractivity contribution < 1.29 is 0 Å². The summed E-state index contributed by atoms with van der Waals surface area (Å²) in [6, 6.07) is 2.92. The van der Waals surface area contributed by atoms with Crippen molar-refractivity contribution in [2.24, 2.45) is 0 Å². The Balaban J connectivity index is 1.57. The molecule has 2 aliphatic rings. The van der Waals surface area contributed by atoms with Gasteiger partial charge in [0.05, 0.1) is 0 Å². The third-order valence-electron chi connectivity index (χ3n) is 5.12. The second-order valence-electron chi connectivity index (χ2n) is 7.09. The Morgan fingerprint density at radius 2 is 1.80 bits per heavy atom. The molecular formula is C16H34N4. The number of hydrogen-bond acceptors (Lipinski definition) is 4. The van der Waals surface area contributed by atoms with Gasteiger partial charge in [-0.25, -0.2) is 0 Å². The lowest BCUT2D eigenvalue weighted by molar-refractivity contribution is 0.0289. The van der Waals surface area contributed by atoms with E-state index < -0.39 is 0 Å². The predicted molar refractivity (Wildman–Crippen MR) is 86.2 cm³/mol. The Bertz CT molecular complexity index is 270. The van der Waals surface area contributed by atoms with Crippen LogP contribution < -0.4 is 10.6 Å². The minimum absolute atomic E-state index is 0.659. The summed E-state index contributed by atoms with van der Waals surface area (Å²) >= 11 is 0.